The number of fused-ring (bicyclic) bond motifs is 1. The van der Waals surface area contributed by atoms with Gasteiger partial charge in [0.25, 0.3) is 0 Å². The van der Waals surface area contributed by atoms with Crippen molar-refractivity contribution in [3.8, 4) is 11.8 Å². The first kappa shape index (κ1) is 22.5. The van der Waals surface area contributed by atoms with Crippen LogP contribution in [0.15, 0.2) is 54.6 Å². The van der Waals surface area contributed by atoms with Gasteiger partial charge in [0.05, 0.1) is 11.0 Å². The van der Waals surface area contributed by atoms with Crippen molar-refractivity contribution >= 4 is 10.8 Å². The number of unbranched alkanes of at least 4 members (excludes halogenated alkanes) is 2. The Hall–Kier alpha value is -2.73. The molecule has 0 amide bonds. The Morgan fingerprint density at radius 2 is 1.72 bits per heavy atom. The maximum atomic E-state index is 14.4. The molecule has 0 radical (unpaired) electrons. The zero-order chi connectivity index (χ0) is 22.6. The Labute approximate surface area is 188 Å². The fraction of sp³-hybridized carbons (Fsp3) is 0.379. The third kappa shape index (κ3) is 4.29. The summed E-state index contributed by atoms with van der Waals surface area (Å²) in [5.41, 5.74) is 0.651. The van der Waals surface area contributed by atoms with Crippen LogP contribution in [0.3, 0.4) is 0 Å². The number of rotatable bonds is 5. The van der Waals surface area contributed by atoms with Crippen molar-refractivity contribution in [1.82, 2.24) is 0 Å². The third-order valence-corrected chi connectivity index (χ3v) is 6.95. The second-order valence-electron chi connectivity index (χ2n) is 8.91. The third-order valence-electron chi connectivity index (χ3n) is 6.95. The first-order valence-corrected chi connectivity index (χ1v) is 11.7. The van der Waals surface area contributed by atoms with E-state index in [1.54, 1.807) is 0 Å². The molecule has 1 aliphatic carbocycles. The van der Waals surface area contributed by atoms with Gasteiger partial charge < -0.3 is 0 Å². The van der Waals surface area contributed by atoms with Gasteiger partial charge in [0.1, 0.15) is 0 Å². The normalized spacial score (nSPS) is 20.7. The minimum atomic E-state index is -1.46. The zero-order valence-electron chi connectivity index (χ0n) is 18.6. The second-order valence-corrected chi connectivity index (χ2v) is 8.91. The summed E-state index contributed by atoms with van der Waals surface area (Å²) >= 11 is 0. The van der Waals surface area contributed by atoms with Crippen LogP contribution in [0.1, 0.15) is 69.4 Å². The van der Waals surface area contributed by atoms with Gasteiger partial charge in [0.15, 0.2) is 17.5 Å². The van der Waals surface area contributed by atoms with Crippen LogP contribution < -0.4 is 0 Å². The number of hydrogen-bond acceptors (Lipinski definition) is 0. The van der Waals surface area contributed by atoms with Gasteiger partial charge in [-0.3, -0.25) is 0 Å². The molecule has 0 nitrogen and oxygen atoms in total. The Morgan fingerprint density at radius 3 is 2.56 bits per heavy atom. The molecule has 2 atom stereocenters. The molecule has 0 aliphatic heterocycles. The molecule has 0 heterocycles. The first-order valence-electron chi connectivity index (χ1n) is 11.7. The summed E-state index contributed by atoms with van der Waals surface area (Å²) in [4.78, 5) is 0. The molecular weight excluding hydrogens is 405 g/mol. The van der Waals surface area contributed by atoms with E-state index in [1.807, 2.05) is 12.1 Å². The fourth-order valence-corrected chi connectivity index (χ4v) is 5.28. The maximum absolute atomic E-state index is 14.4. The van der Waals surface area contributed by atoms with E-state index in [0.717, 1.165) is 61.8 Å². The van der Waals surface area contributed by atoms with Crippen molar-refractivity contribution in [1.29, 1.82) is 0 Å². The summed E-state index contributed by atoms with van der Waals surface area (Å²) in [6.45, 7) is 2.20. The average molecular weight is 435 g/mol. The minimum absolute atomic E-state index is 0.0820. The summed E-state index contributed by atoms with van der Waals surface area (Å²) in [5.74, 6) is 2.88. The standard InChI is InChI=1S/C29H29F3/c1-2-3-4-12-23-13-7-8-19-29(23,20-18-22-16-17-26(30)28(32)27(22)31)25-15-9-11-21-10-5-6-14-24(21)25/h5-6,9-11,14-17,23H,2-4,7-8,12-13,19H2,1H3. The molecule has 3 aromatic carbocycles. The van der Waals surface area contributed by atoms with E-state index in [-0.39, 0.29) is 5.56 Å². The van der Waals surface area contributed by atoms with Crippen LogP contribution in [0.25, 0.3) is 10.8 Å². The zero-order valence-corrected chi connectivity index (χ0v) is 18.6. The molecule has 1 fully saturated rings. The number of benzene rings is 3. The predicted octanol–water partition coefficient (Wildman–Crippen LogP) is 8.32. The molecule has 0 aromatic heterocycles. The van der Waals surface area contributed by atoms with Gasteiger partial charge in [0, 0.05) is 0 Å². The Morgan fingerprint density at radius 1 is 0.906 bits per heavy atom. The van der Waals surface area contributed by atoms with E-state index >= 15 is 0 Å². The van der Waals surface area contributed by atoms with E-state index in [2.05, 4.69) is 49.1 Å². The molecule has 3 aromatic rings. The van der Waals surface area contributed by atoms with Gasteiger partial charge in [-0.05, 0) is 53.6 Å². The number of halogens is 3. The smallest absolute Gasteiger partial charge is 0.195 e. The Bertz CT molecular complexity index is 1150. The van der Waals surface area contributed by atoms with Crippen LogP contribution in [0.4, 0.5) is 13.2 Å². The van der Waals surface area contributed by atoms with E-state index < -0.39 is 22.9 Å². The lowest BCUT2D eigenvalue weighted by Crippen LogP contribution is -2.37. The Kier molecular flexibility index (Phi) is 6.89. The monoisotopic (exact) mass is 434 g/mol. The van der Waals surface area contributed by atoms with Crippen molar-refractivity contribution in [3.63, 3.8) is 0 Å². The SMILES string of the molecule is CCCCCC1CCCCC1(C#Cc1ccc(F)c(F)c1F)c1cccc2ccccc12. The summed E-state index contributed by atoms with van der Waals surface area (Å²) < 4.78 is 41.7. The van der Waals surface area contributed by atoms with Crippen molar-refractivity contribution in [3.05, 3.63) is 83.2 Å². The highest BCUT2D eigenvalue weighted by Gasteiger charge is 2.41. The highest BCUT2D eigenvalue weighted by Crippen LogP contribution is 2.48. The second kappa shape index (κ2) is 9.82. The Balaban J connectivity index is 1.88. The molecule has 32 heavy (non-hydrogen) atoms. The van der Waals surface area contributed by atoms with Gasteiger partial charge in [-0.1, -0.05) is 93.3 Å². The summed E-state index contributed by atoms with van der Waals surface area (Å²) in [7, 11) is 0. The summed E-state index contributed by atoms with van der Waals surface area (Å²) in [5, 5.41) is 2.32. The van der Waals surface area contributed by atoms with Gasteiger partial charge >= 0.3 is 0 Å². The predicted molar refractivity (Wildman–Crippen MR) is 125 cm³/mol. The van der Waals surface area contributed by atoms with Crippen molar-refractivity contribution in [2.45, 2.75) is 63.7 Å². The van der Waals surface area contributed by atoms with E-state index in [9.17, 15) is 13.2 Å². The van der Waals surface area contributed by atoms with E-state index in [0.29, 0.717) is 5.92 Å². The highest BCUT2D eigenvalue weighted by atomic mass is 19.2. The lowest BCUT2D eigenvalue weighted by molar-refractivity contribution is 0.226. The van der Waals surface area contributed by atoms with Crippen LogP contribution in [0.5, 0.6) is 0 Å². The molecule has 0 bridgehead atoms. The van der Waals surface area contributed by atoms with Crippen molar-refractivity contribution < 1.29 is 13.2 Å². The molecule has 0 N–H and O–H groups in total. The molecule has 0 saturated heterocycles. The van der Waals surface area contributed by atoms with E-state index in [1.165, 1.54) is 18.1 Å². The average Bonchev–Trinajstić information content (AvgIpc) is 2.83. The van der Waals surface area contributed by atoms with E-state index in [4.69, 9.17) is 0 Å². The van der Waals surface area contributed by atoms with Gasteiger partial charge in [0.2, 0.25) is 0 Å². The van der Waals surface area contributed by atoms with Crippen LogP contribution in [0.2, 0.25) is 0 Å². The lowest BCUT2D eigenvalue weighted by Gasteiger charge is -2.42. The maximum Gasteiger partial charge on any atom is 0.195 e. The van der Waals surface area contributed by atoms with Crippen molar-refractivity contribution in [2.24, 2.45) is 5.92 Å². The van der Waals surface area contributed by atoms with Crippen LogP contribution in [-0.2, 0) is 5.41 Å². The molecule has 3 heteroatoms. The molecule has 4 rings (SSSR count). The quantitative estimate of drug-likeness (QED) is 0.215. The molecule has 0 spiro atoms. The van der Waals surface area contributed by atoms with Gasteiger partial charge in [-0.2, -0.15) is 0 Å². The number of hydrogen-bond donors (Lipinski definition) is 0. The molecular formula is C29H29F3. The van der Waals surface area contributed by atoms with Crippen molar-refractivity contribution in [2.75, 3.05) is 0 Å². The highest BCUT2D eigenvalue weighted by molar-refractivity contribution is 5.87. The molecule has 1 saturated carbocycles. The summed E-state index contributed by atoms with van der Waals surface area (Å²) in [6.07, 6.45) is 8.68. The molecule has 166 valence electrons. The largest absolute Gasteiger partial charge is 0.204 e. The van der Waals surface area contributed by atoms with Crippen LogP contribution >= 0.6 is 0 Å². The van der Waals surface area contributed by atoms with Crippen LogP contribution in [0, 0.1) is 35.2 Å². The molecule has 2 unspecified atom stereocenters. The topological polar surface area (TPSA) is 0 Å². The van der Waals surface area contributed by atoms with Gasteiger partial charge in [-0.15, -0.1) is 0 Å². The molecule has 1 aliphatic rings. The van der Waals surface area contributed by atoms with Gasteiger partial charge in [-0.25, -0.2) is 13.2 Å². The summed E-state index contributed by atoms with van der Waals surface area (Å²) in [6, 6.07) is 16.8. The first-order chi connectivity index (χ1) is 15.6. The lowest BCUT2D eigenvalue weighted by atomic mass is 9.60. The van der Waals surface area contributed by atoms with Crippen LogP contribution in [-0.4, -0.2) is 0 Å². The fourth-order valence-electron chi connectivity index (χ4n) is 5.28. The minimum Gasteiger partial charge on any atom is -0.204 e.